The molecule has 1 saturated heterocycles. The number of phenols is 1. The van der Waals surface area contributed by atoms with Crippen LogP contribution in [0.25, 0.3) is 0 Å². The molecule has 1 aromatic heterocycles. The van der Waals surface area contributed by atoms with Crippen molar-refractivity contribution in [1.82, 2.24) is 25.4 Å². The van der Waals surface area contributed by atoms with Gasteiger partial charge in [0, 0.05) is 11.5 Å². The number of rotatable bonds is 8. The number of aliphatic carboxylic acids is 1. The van der Waals surface area contributed by atoms with Crippen molar-refractivity contribution in [2.75, 3.05) is 11.5 Å². The Kier molecular flexibility index (Phi) is 6.49. The molecule has 3 amide bonds. The van der Waals surface area contributed by atoms with Crippen molar-refractivity contribution in [2.24, 2.45) is 11.5 Å². The molecule has 0 spiro atoms. The number of β-lactam (4-membered cyclic amide) rings is 1. The number of hydrogen-bond donors (Lipinski definition) is 6. The first kappa shape index (κ1) is 23.6. The van der Waals surface area contributed by atoms with E-state index in [1.54, 1.807) is 0 Å². The van der Waals surface area contributed by atoms with Crippen LogP contribution in [-0.2, 0) is 14.4 Å². The Bertz CT molecular complexity index is 1200. The summed E-state index contributed by atoms with van der Waals surface area (Å²) < 4.78 is 0. The van der Waals surface area contributed by atoms with E-state index in [4.69, 9.17) is 11.5 Å². The summed E-state index contributed by atoms with van der Waals surface area (Å²) in [6.07, 6.45) is 0. The van der Waals surface area contributed by atoms with Gasteiger partial charge in [0.1, 0.15) is 28.9 Å². The van der Waals surface area contributed by atoms with Crippen molar-refractivity contribution in [3.05, 3.63) is 46.9 Å². The number of phenolic OH excluding ortho intramolecular Hbond substituents is 1. The second-order valence-corrected chi connectivity index (χ2v) is 9.41. The zero-order valence-corrected chi connectivity index (χ0v) is 18.9. The molecule has 2 aromatic rings. The van der Waals surface area contributed by atoms with E-state index in [1.165, 1.54) is 36.0 Å². The van der Waals surface area contributed by atoms with Gasteiger partial charge in [-0.2, -0.15) is 4.98 Å². The molecule has 4 rings (SSSR count). The minimum absolute atomic E-state index is 0.0263. The predicted molar refractivity (Wildman–Crippen MR) is 120 cm³/mol. The minimum atomic E-state index is -1.27. The highest BCUT2D eigenvalue weighted by molar-refractivity contribution is 8.01. The van der Waals surface area contributed by atoms with E-state index in [1.807, 2.05) is 0 Å². The normalized spacial score (nSPS) is 20.4. The van der Waals surface area contributed by atoms with Gasteiger partial charge in [-0.1, -0.05) is 23.9 Å². The lowest BCUT2D eigenvalue weighted by molar-refractivity contribution is -0.150. The summed E-state index contributed by atoms with van der Waals surface area (Å²) in [6, 6.07) is 3.81. The second-order valence-electron chi connectivity index (χ2n) is 7.34. The first-order chi connectivity index (χ1) is 16.2. The second kappa shape index (κ2) is 9.36. The Morgan fingerprint density at radius 3 is 2.65 bits per heavy atom. The number of carboxylic acids is 1. The van der Waals surface area contributed by atoms with Crippen LogP contribution in [-0.4, -0.2) is 76.9 Å². The van der Waals surface area contributed by atoms with E-state index < -0.39 is 41.1 Å². The molecule has 178 valence electrons. The number of benzene rings is 1. The number of amides is 3. The number of nitrogens with two attached hydrogens (primary N) is 2. The lowest BCUT2D eigenvalue weighted by Gasteiger charge is -2.49. The molecular formula is C19H19N7O6S2. The molecule has 0 bridgehead atoms. The van der Waals surface area contributed by atoms with Gasteiger partial charge in [0.25, 0.3) is 11.8 Å². The molecule has 1 aromatic carbocycles. The van der Waals surface area contributed by atoms with Crippen molar-refractivity contribution in [3.63, 3.8) is 0 Å². The fourth-order valence-electron chi connectivity index (χ4n) is 3.45. The molecule has 2 unspecified atom stereocenters. The fourth-order valence-corrected chi connectivity index (χ4v) is 5.73. The summed E-state index contributed by atoms with van der Waals surface area (Å²) >= 11 is 2.43. The molecule has 0 radical (unpaired) electrons. The highest BCUT2D eigenvalue weighted by Gasteiger charge is 2.54. The third-order valence-electron chi connectivity index (χ3n) is 5.15. The van der Waals surface area contributed by atoms with Crippen LogP contribution in [0.4, 0.5) is 0 Å². The lowest BCUT2D eigenvalue weighted by Crippen LogP contribution is -2.71. The average Bonchev–Trinajstić information content (AvgIpc) is 3.29. The van der Waals surface area contributed by atoms with E-state index in [9.17, 15) is 29.4 Å². The summed E-state index contributed by atoms with van der Waals surface area (Å²) in [7, 11) is 0. The van der Waals surface area contributed by atoms with Crippen LogP contribution >= 0.6 is 23.5 Å². The Morgan fingerprint density at radius 1 is 1.32 bits per heavy atom. The number of primary amides is 1. The Morgan fingerprint density at radius 2 is 2.03 bits per heavy atom. The van der Waals surface area contributed by atoms with Crippen molar-refractivity contribution >= 4 is 47.2 Å². The van der Waals surface area contributed by atoms with Crippen LogP contribution in [0.2, 0.25) is 0 Å². The minimum Gasteiger partial charge on any atom is -0.508 e. The van der Waals surface area contributed by atoms with Crippen molar-refractivity contribution in [3.8, 4) is 5.75 Å². The number of carbonyl (C=O) groups excluding carboxylic acids is 3. The van der Waals surface area contributed by atoms with E-state index in [0.717, 1.165) is 16.7 Å². The fraction of sp³-hybridized carbons (Fsp3) is 0.263. The van der Waals surface area contributed by atoms with Gasteiger partial charge in [0.05, 0.1) is 0 Å². The van der Waals surface area contributed by atoms with Crippen LogP contribution in [0.15, 0.2) is 40.7 Å². The van der Waals surface area contributed by atoms with Crippen LogP contribution in [0.3, 0.4) is 0 Å². The summed E-state index contributed by atoms with van der Waals surface area (Å²) in [5, 5.41) is 27.6. The van der Waals surface area contributed by atoms with Gasteiger partial charge in [0.15, 0.2) is 5.16 Å². The van der Waals surface area contributed by atoms with Gasteiger partial charge in [-0.05, 0) is 23.3 Å². The van der Waals surface area contributed by atoms with Gasteiger partial charge in [-0.25, -0.2) is 4.79 Å². The molecule has 0 saturated carbocycles. The SMILES string of the molecule is NC(=O)c1n[nH]c(SCC2=C(C(=O)O)N3C(=O)C(NC(=O)C(N)c4ccc(O)cc4)[C@H]3SC2)n1. The zero-order chi connectivity index (χ0) is 24.6. The van der Waals surface area contributed by atoms with Crippen molar-refractivity contribution < 1.29 is 29.4 Å². The smallest absolute Gasteiger partial charge is 0.352 e. The molecule has 3 heterocycles. The average molecular weight is 506 g/mol. The van der Waals surface area contributed by atoms with Gasteiger partial charge in [-0.15, -0.1) is 16.9 Å². The van der Waals surface area contributed by atoms with Crippen LogP contribution in [0, 0.1) is 0 Å². The van der Waals surface area contributed by atoms with E-state index in [-0.39, 0.29) is 28.2 Å². The highest BCUT2D eigenvalue weighted by atomic mass is 32.2. The number of hydrogen-bond acceptors (Lipinski definition) is 10. The Balaban J connectivity index is 1.44. The monoisotopic (exact) mass is 505 g/mol. The standard InChI is InChI=1S/C19H19N7O6S2/c20-10(7-1-3-9(27)4-2-7)15(29)22-11-16(30)26-12(18(31)32)8(5-33-17(11)26)6-34-19-23-14(13(21)28)24-25-19/h1-4,10-11,17,27H,5-6,20H2,(H2,21,28)(H,22,29)(H,31,32)(H,23,24,25)/t10?,11?,17-/m1/s1. The van der Waals surface area contributed by atoms with Gasteiger partial charge in [0.2, 0.25) is 11.7 Å². The van der Waals surface area contributed by atoms with Gasteiger partial charge in [-0.3, -0.25) is 24.4 Å². The molecule has 1 fully saturated rings. The van der Waals surface area contributed by atoms with E-state index >= 15 is 0 Å². The Labute approximate surface area is 200 Å². The number of aromatic hydroxyl groups is 1. The first-order valence-corrected chi connectivity index (χ1v) is 11.8. The highest BCUT2D eigenvalue weighted by Crippen LogP contribution is 2.41. The van der Waals surface area contributed by atoms with E-state index in [2.05, 4.69) is 20.5 Å². The molecule has 34 heavy (non-hydrogen) atoms. The van der Waals surface area contributed by atoms with Crippen molar-refractivity contribution in [1.29, 1.82) is 0 Å². The topological polar surface area (TPSA) is 218 Å². The molecule has 13 nitrogen and oxygen atoms in total. The summed E-state index contributed by atoms with van der Waals surface area (Å²) in [6.45, 7) is 0. The summed E-state index contributed by atoms with van der Waals surface area (Å²) in [4.78, 5) is 53.5. The third-order valence-corrected chi connectivity index (χ3v) is 7.44. The molecular weight excluding hydrogens is 486 g/mol. The van der Waals surface area contributed by atoms with Gasteiger partial charge < -0.3 is 27.0 Å². The quantitative estimate of drug-likeness (QED) is 0.191. The third kappa shape index (κ3) is 4.44. The van der Waals surface area contributed by atoms with Crippen LogP contribution < -0.4 is 16.8 Å². The van der Waals surface area contributed by atoms with Gasteiger partial charge >= 0.3 is 5.97 Å². The number of aromatic nitrogens is 3. The number of aromatic amines is 1. The molecule has 0 aliphatic carbocycles. The predicted octanol–water partition coefficient (Wildman–Crippen LogP) is -0.860. The summed E-state index contributed by atoms with van der Waals surface area (Å²) in [5.41, 5.74) is 11.9. The maximum atomic E-state index is 12.8. The molecule has 3 atom stereocenters. The molecule has 2 aliphatic rings. The maximum absolute atomic E-state index is 12.8. The van der Waals surface area contributed by atoms with Crippen LogP contribution in [0.1, 0.15) is 22.2 Å². The molecule has 15 heteroatoms. The van der Waals surface area contributed by atoms with E-state index in [0.29, 0.717) is 16.9 Å². The number of H-pyrrole nitrogens is 1. The molecule has 8 N–H and O–H groups in total. The number of fused-ring (bicyclic) bond motifs is 1. The molecule has 2 aliphatic heterocycles. The van der Waals surface area contributed by atoms with Crippen molar-refractivity contribution in [2.45, 2.75) is 22.6 Å². The summed E-state index contributed by atoms with van der Waals surface area (Å²) in [5.74, 6) is -2.89. The Hall–Kier alpha value is -3.56. The van der Waals surface area contributed by atoms with Crippen LogP contribution in [0.5, 0.6) is 5.75 Å². The number of nitrogens with one attached hydrogen (secondary N) is 2. The first-order valence-electron chi connectivity index (χ1n) is 9.77. The largest absolute Gasteiger partial charge is 0.508 e. The zero-order valence-electron chi connectivity index (χ0n) is 17.3. The number of nitrogens with zero attached hydrogens (tertiary/aromatic N) is 3. The number of carboxylic acid groups (broad SMARTS) is 1. The maximum Gasteiger partial charge on any atom is 0.352 e. The number of carbonyl (C=O) groups is 4. The lowest BCUT2D eigenvalue weighted by atomic mass is 10.0. The number of thioether (sulfide) groups is 2.